The summed E-state index contributed by atoms with van der Waals surface area (Å²) < 4.78 is 5.90. The molecule has 2 aliphatic heterocycles. The normalized spacial score (nSPS) is 15.2. The van der Waals surface area contributed by atoms with E-state index in [1.165, 1.54) is 12.1 Å². The average molecular weight is 281 g/mol. The molecule has 0 unspecified atom stereocenters. The lowest BCUT2D eigenvalue weighted by Gasteiger charge is -2.19. The van der Waals surface area contributed by atoms with Crippen LogP contribution in [0, 0.1) is 10.1 Å². The number of hydrogen-bond acceptors (Lipinski definition) is 5. The predicted octanol–water partition coefficient (Wildman–Crippen LogP) is 2.97. The first-order valence-corrected chi connectivity index (χ1v) is 6.62. The number of nitro benzene ring substituents is 1. The molecule has 0 aromatic heterocycles. The Morgan fingerprint density at radius 2 is 2.05 bits per heavy atom. The minimum absolute atomic E-state index is 0.0193. The molecule has 0 amide bonds. The first kappa shape index (κ1) is 11.9. The molecule has 0 fully saturated rings. The fourth-order valence-electron chi connectivity index (χ4n) is 2.69. The number of hydrogen-bond donors (Lipinski definition) is 0. The minimum atomic E-state index is -0.417. The Kier molecular flexibility index (Phi) is 2.44. The number of anilines is 1. The Labute approximate surface area is 120 Å². The molecule has 0 spiro atoms. The van der Waals surface area contributed by atoms with Crippen molar-refractivity contribution in [2.75, 3.05) is 18.0 Å². The Hall–Kier alpha value is -2.89. The van der Waals surface area contributed by atoms with Gasteiger partial charge in [-0.1, -0.05) is 12.1 Å². The minimum Gasteiger partial charge on any atom is -0.454 e. The molecule has 0 aliphatic carbocycles. The second-order valence-corrected chi connectivity index (χ2v) is 4.86. The van der Waals surface area contributed by atoms with Crippen LogP contribution < -0.4 is 9.64 Å². The van der Waals surface area contributed by atoms with Crippen LogP contribution in [-0.4, -0.2) is 23.8 Å². The molecule has 0 bridgehead atoms. The van der Waals surface area contributed by atoms with Crippen molar-refractivity contribution in [1.82, 2.24) is 0 Å². The molecule has 0 radical (unpaired) electrons. The zero-order chi connectivity index (χ0) is 14.4. The fourth-order valence-corrected chi connectivity index (χ4v) is 2.69. The summed E-state index contributed by atoms with van der Waals surface area (Å²) in [7, 11) is 0. The van der Waals surface area contributed by atoms with E-state index in [9.17, 15) is 10.1 Å². The topological polar surface area (TPSA) is 68.0 Å². The van der Waals surface area contributed by atoms with Crippen molar-refractivity contribution in [3.8, 4) is 11.5 Å². The molecule has 21 heavy (non-hydrogen) atoms. The highest BCUT2D eigenvalue weighted by molar-refractivity contribution is 6.14. The van der Waals surface area contributed by atoms with Crippen LogP contribution in [0.4, 0.5) is 11.4 Å². The summed E-state index contributed by atoms with van der Waals surface area (Å²) in [5.41, 5.74) is 1.74. The van der Waals surface area contributed by atoms with Crippen LogP contribution in [-0.2, 0) is 0 Å². The third-order valence-corrected chi connectivity index (χ3v) is 3.63. The third kappa shape index (κ3) is 1.76. The summed E-state index contributed by atoms with van der Waals surface area (Å²) >= 11 is 0. The molecular formula is C15H11N3O3. The highest BCUT2D eigenvalue weighted by Crippen LogP contribution is 2.41. The van der Waals surface area contributed by atoms with E-state index in [-0.39, 0.29) is 5.69 Å². The van der Waals surface area contributed by atoms with Crippen molar-refractivity contribution in [3.63, 3.8) is 0 Å². The van der Waals surface area contributed by atoms with Crippen LogP contribution >= 0.6 is 0 Å². The second kappa shape index (κ2) is 4.31. The molecule has 2 aromatic rings. The van der Waals surface area contributed by atoms with Gasteiger partial charge in [-0.05, 0) is 18.2 Å². The first-order valence-electron chi connectivity index (χ1n) is 6.62. The largest absolute Gasteiger partial charge is 0.454 e. The maximum Gasteiger partial charge on any atom is 0.273 e. The lowest BCUT2D eigenvalue weighted by atomic mass is 10.1. The van der Waals surface area contributed by atoms with Crippen LogP contribution in [0.3, 0.4) is 0 Å². The van der Waals surface area contributed by atoms with E-state index < -0.39 is 4.92 Å². The molecule has 6 heteroatoms. The van der Waals surface area contributed by atoms with Gasteiger partial charge in [0, 0.05) is 12.6 Å². The monoisotopic (exact) mass is 281 g/mol. The van der Waals surface area contributed by atoms with E-state index >= 15 is 0 Å². The van der Waals surface area contributed by atoms with Gasteiger partial charge in [0.15, 0.2) is 5.75 Å². The Morgan fingerprint density at radius 1 is 1.19 bits per heavy atom. The lowest BCUT2D eigenvalue weighted by Crippen LogP contribution is -2.27. The average Bonchev–Trinajstić information content (AvgIpc) is 2.92. The van der Waals surface area contributed by atoms with E-state index in [0.717, 1.165) is 23.6 Å². The fraction of sp³-hybridized carbons (Fsp3) is 0.133. The van der Waals surface area contributed by atoms with E-state index in [0.29, 0.717) is 18.0 Å². The third-order valence-electron chi connectivity index (χ3n) is 3.63. The molecule has 2 aromatic carbocycles. The Morgan fingerprint density at radius 3 is 2.90 bits per heavy atom. The summed E-state index contributed by atoms with van der Waals surface area (Å²) in [6, 6.07) is 12.3. The van der Waals surface area contributed by atoms with Gasteiger partial charge in [-0.3, -0.25) is 15.1 Å². The Bertz CT molecular complexity index is 785. The van der Waals surface area contributed by atoms with Crippen LogP contribution in [0.25, 0.3) is 0 Å². The van der Waals surface area contributed by atoms with Crippen LogP contribution in [0.5, 0.6) is 11.5 Å². The molecular weight excluding hydrogens is 270 g/mol. The molecule has 2 heterocycles. The number of fused-ring (bicyclic) bond motifs is 5. The SMILES string of the molecule is O=[N+]([O-])c1ccc2c(c1)Oc1ccccc1C1=NCCN12. The van der Waals surface area contributed by atoms with Crippen LogP contribution in [0.15, 0.2) is 47.5 Å². The summed E-state index contributed by atoms with van der Waals surface area (Å²) in [6.45, 7) is 1.46. The van der Waals surface area contributed by atoms with Crippen molar-refractivity contribution in [2.24, 2.45) is 4.99 Å². The van der Waals surface area contributed by atoms with Crippen molar-refractivity contribution < 1.29 is 9.66 Å². The molecule has 0 N–H and O–H groups in total. The summed E-state index contributed by atoms with van der Waals surface area (Å²) in [4.78, 5) is 17.1. The van der Waals surface area contributed by atoms with Gasteiger partial charge in [-0.25, -0.2) is 0 Å². The van der Waals surface area contributed by atoms with Gasteiger partial charge in [0.25, 0.3) is 5.69 Å². The van der Waals surface area contributed by atoms with Gasteiger partial charge in [0.05, 0.1) is 28.8 Å². The summed E-state index contributed by atoms with van der Waals surface area (Å²) in [6.07, 6.45) is 0. The molecule has 104 valence electrons. The van der Waals surface area contributed by atoms with Crippen molar-refractivity contribution in [1.29, 1.82) is 0 Å². The number of non-ortho nitro benzene ring substituents is 1. The number of benzene rings is 2. The van der Waals surface area contributed by atoms with Crippen LogP contribution in [0.1, 0.15) is 5.56 Å². The van der Waals surface area contributed by atoms with E-state index in [4.69, 9.17) is 4.74 Å². The van der Waals surface area contributed by atoms with Gasteiger partial charge in [0.1, 0.15) is 11.6 Å². The standard InChI is InChI=1S/C15H11N3O3/c19-18(20)10-5-6-12-14(9-10)21-13-4-2-1-3-11(13)15-16-7-8-17(12)15/h1-6,9H,7-8H2. The lowest BCUT2D eigenvalue weighted by molar-refractivity contribution is -0.384. The van der Waals surface area contributed by atoms with E-state index in [1.807, 2.05) is 29.2 Å². The van der Waals surface area contributed by atoms with Crippen LogP contribution in [0.2, 0.25) is 0 Å². The molecule has 2 aliphatic rings. The maximum absolute atomic E-state index is 11.0. The summed E-state index contributed by atoms with van der Waals surface area (Å²) in [5, 5.41) is 11.0. The quantitative estimate of drug-likeness (QED) is 0.595. The van der Waals surface area contributed by atoms with Crippen molar-refractivity contribution in [3.05, 3.63) is 58.1 Å². The molecule has 0 saturated carbocycles. The smallest absolute Gasteiger partial charge is 0.273 e. The highest BCUT2D eigenvalue weighted by atomic mass is 16.6. The van der Waals surface area contributed by atoms with Crippen molar-refractivity contribution >= 4 is 17.2 Å². The zero-order valence-corrected chi connectivity index (χ0v) is 11.0. The number of rotatable bonds is 1. The first-order chi connectivity index (χ1) is 10.2. The van der Waals surface area contributed by atoms with Gasteiger partial charge in [-0.2, -0.15) is 0 Å². The van der Waals surface area contributed by atoms with Crippen molar-refractivity contribution in [2.45, 2.75) is 0 Å². The van der Waals surface area contributed by atoms with Gasteiger partial charge in [-0.15, -0.1) is 0 Å². The number of amidine groups is 1. The molecule has 0 atom stereocenters. The maximum atomic E-state index is 11.0. The zero-order valence-electron chi connectivity index (χ0n) is 11.0. The molecule has 6 nitrogen and oxygen atoms in total. The summed E-state index contributed by atoms with van der Waals surface area (Å²) in [5.74, 6) is 2.02. The number of para-hydroxylation sites is 1. The number of nitro groups is 1. The van der Waals surface area contributed by atoms with Gasteiger partial charge in [0.2, 0.25) is 0 Å². The highest BCUT2D eigenvalue weighted by Gasteiger charge is 2.30. The van der Waals surface area contributed by atoms with E-state index in [1.54, 1.807) is 6.07 Å². The number of nitrogens with zero attached hydrogens (tertiary/aromatic N) is 3. The van der Waals surface area contributed by atoms with E-state index in [2.05, 4.69) is 4.99 Å². The predicted molar refractivity (Wildman–Crippen MR) is 78.4 cm³/mol. The number of ether oxygens (including phenoxy) is 1. The van der Waals surface area contributed by atoms with Gasteiger partial charge < -0.3 is 9.64 Å². The molecule has 4 rings (SSSR count). The molecule has 0 saturated heterocycles. The number of aliphatic imine (C=N–C) groups is 1. The second-order valence-electron chi connectivity index (χ2n) is 4.86. The van der Waals surface area contributed by atoms with Gasteiger partial charge >= 0.3 is 0 Å². The Balaban J connectivity index is 1.94.